The summed E-state index contributed by atoms with van der Waals surface area (Å²) in [4.78, 5) is 32.0. The van der Waals surface area contributed by atoms with Crippen LogP contribution in [-0.4, -0.2) is 58.4 Å². The number of carbonyl (C=O) groups excluding carboxylic acids is 2. The van der Waals surface area contributed by atoms with E-state index in [1.165, 1.54) is 0 Å². The number of Topliss-reactive ketones (excluding diaryl/α,β-unsaturated/α-hetero) is 1. The number of hydrogen-bond acceptors (Lipinski definition) is 6. The molecule has 1 atom stereocenters. The monoisotopic (exact) mass is 590 g/mol. The maximum absolute atomic E-state index is 12.7. The average molecular weight is 592 g/mol. The van der Waals surface area contributed by atoms with E-state index in [0.717, 1.165) is 72.8 Å². The first kappa shape index (κ1) is 29.4. The number of aromatic nitrogens is 1. The highest BCUT2D eigenvalue weighted by molar-refractivity contribution is 6.37. The molecule has 39 heavy (non-hydrogen) atoms. The van der Waals surface area contributed by atoms with Gasteiger partial charge in [0, 0.05) is 23.7 Å². The van der Waals surface area contributed by atoms with Crippen LogP contribution in [0.5, 0.6) is 5.75 Å². The number of halogens is 3. The number of phenols is 1. The number of rotatable bonds is 6. The summed E-state index contributed by atoms with van der Waals surface area (Å²) in [5.41, 5.74) is 3.66. The lowest BCUT2D eigenvalue weighted by atomic mass is 9.90. The van der Waals surface area contributed by atoms with Crippen molar-refractivity contribution in [1.82, 2.24) is 15.2 Å². The highest BCUT2D eigenvalue weighted by atomic mass is 35.5. The first-order valence-electron chi connectivity index (χ1n) is 13.1. The van der Waals surface area contributed by atoms with E-state index in [9.17, 15) is 14.7 Å². The molecule has 1 saturated heterocycles. The van der Waals surface area contributed by atoms with Crippen molar-refractivity contribution >= 4 is 63.9 Å². The summed E-state index contributed by atoms with van der Waals surface area (Å²) in [7, 11) is 2.01. The Kier molecular flexibility index (Phi) is 9.27. The standard InChI is InChI=1S/C29H32Cl2N4O3.ClH/c1-16(36)22-15-32-25-10-5-17(18-13-23(30)28(37)24(31)14-18)12-21(25)27(22)33-19-6-8-20(9-7-19)34-29(38)26-4-3-11-35(26)2;/h5,10,12-15,19-20,26,37H,3-4,6-9,11H2,1-2H3,(H,32,33)(H,34,38);1H. The lowest BCUT2D eigenvalue weighted by molar-refractivity contribution is -0.126. The summed E-state index contributed by atoms with van der Waals surface area (Å²) in [6.07, 6.45) is 7.16. The molecule has 3 aromatic rings. The largest absolute Gasteiger partial charge is 0.505 e. The molecule has 0 bridgehead atoms. The van der Waals surface area contributed by atoms with Gasteiger partial charge in [-0.3, -0.25) is 19.5 Å². The van der Waals surface area contributed by atoms with Crippen LogP contribution in [0.4, 0.5) is 5.69 Å². The summed E-state index contributed by atoms with van der Waals surface area (Å²) in [6, 6.07) is 9.45. The number of ketones is 1. The van der Waals surface area contributed by atoms with Gasteiger partial charge in [0.1, 0.15) is 0 Å². The van der Waals surface area contributed by atoms with Crippen molar-refractivity contribution in [2.24, 2.45) is 0 Å². The zero-order chi connectivity index (χ0) is 27.0. The molecule has 2 fully saturated rings. The third-order valence-electron chi connectivity index (χ3n) is 7.84. The van der Waals surface area contributed by atoms with E-state index < -0.39 is 0 Å². The minimum atomic E-state index is -0.150. The molecule has 3 N–H and O–H groups in total. The topological polar surface area (TPSA) is 94.6 Å². The molecule has 1 unspecified atom stereocenters. The van der Waals surface area contributed by atoms with Crippen LogP contribution < -0.4 is 10.6 Å². The first-order chi connectivity index (χ1) is 18.2. The predicted molar refractivity (Wildman–Crippen MR) is 160 cm³/mol. The number of fused-ring (bicyclic) bond motifs is 1. The van der Waals surface area contributed by atoms with Gasteiger partial charge in [-0.1, -0.05) is 29.3 Å². The van der Waals surface area contributed by atoms with Crippen LogP contribution in [0, 0.1) is 0 Å². The van der Waals surface area contributed by atoms with Crippen molar-refractivity contribution in [1.29, 1.82) is 0 Å². The van der Waals surface area contributed by atoms with Crippen molar-refractivity contribution in [2.45, 2.75) is 63.6 Å². The van der Waals surface area contributed by atoms with Crippen LogP contribution in [0.15, 0.2) is 36.5 Å². The molecule has 2 heterocycles. The number of anilines is 1. The number of aromatic hydroxyl groups is 1. The van der Waals surface area contributed by atoms with E-state index in [1.807, 2.05) is 25.2 Å². The van der Waals surface area contributed by atoms with E-state index in [-0.39, 0.29) is 58.0 Å². The molecule has 1 amide bonds. The molecule has 1 aliphatic heterocycles. The number of likely N-dealkylation sites (N-methyl/N-ethyl adjacent to an activating group) is 1. The maximum Gasteiger partial charge on any atom is 0.237 e. The highest BCUT2D eigenvalue weighted by Gasteiger charge is 2.31. The number of phenolic OH excluding ortho intramolecular Hbond substituents is 1. The Balaban J connectivity index is 0.00000353. The second-order valence-corrected chi connectivity index (χ2v) is 11.3. The average Bonchev–Trinajstić information content (AvgIpc) is 3.33. The van der Waals surface area contributed by atoms with Crippen LogP contribution in [0.3, 0.4) is 0 Å². The van der Waals surface area contributed by atoms with Crippen molar-refractivity contribution in [3.63, 3.8) is 0 Å². The third-order valence-corrected chi connectivity index (χ3v) is 8.42. The first-order valence-corrected chi connectivity index (χ1v) is 13.9. The molecule has 10 heteroatoms. The van der Waals surface area contributed by atoms with E-state index in [4.69, 9.17) is 23.2 Å². The Morgan fingerprint density at radius 3 is 2.28 bits per heavy atom. The molecule has 1 saturated carbocycles. The second kappa shape index (κ2) is 12.3. The Bertz CT molecular complexity index is 1370. The van der Waals surface area contributed by atoms with Crippen molar-refractivity contribution in [3.8, 4) is 16.9 Å². The zero-order valence-electron chi connectivity index (χ0n) is 22.0. The number of nitrogens with zero attached hydrogens (tertiary/aromatic N) is 2. The maximum atomic E-state index is 12.7. The number of benzene rings is 2. The van der Waals surface area contributed by atoms with Crippen LogP contribution in [-0.2, 0) is 4.79 Å². The van der Waals surface area contributed by atoms with Gasteiger partial charge >= 0.3 is 0 Å². The number of likely N-dealkylation sites (tertiary alicyclic amines) is 1. The second-order valence-electron chi connectivity index (χ2n) is 10.5. The van der Waals surface area contributed by atoms with Gasteiger partial charge in [0.15, 0.2) is 11.5 Å². The van der Waals surface area contributed by atoms with Gasteiger partial charge in [-0.25, -0.2) is 0 Å². The van der Waals surface area contributed by atoms with Gasteiger partial charge < -0.3 is 15.7 Å². The minimum Gasteiger partial charge on any atom is -0.505 e. The summed E-state index contributed by atoms with van der Waals surface area (Å²) in [6.45, 7) is 2.52. The zero-order valence-corrected chi connectivity index (χ0v) is 24.3. The van der Waals surface area contributed by atoms with Crippen molar-refractivity contribution in [2.75, 3.05) is 18.9 Å². The Labute approximate surface area is 244 Å². The molecule has 0 spiro atoms. The fourth-order valence-corrected chi connectivity index (χ4v) is 6.14. The molecule has 5 rings (SSSR count). The Morgan fingerprint density at radius 1 is 1.00 bits per heavy atom. The van der Waals surface area contributed by atoms with Gasteiger partial charge in [0.2, 0.25) is 5.91 Å². The molecular weight excluding hydrogens is 559 g/mol. The normalized spacial score (nSPS) is 21.4. The van der Waals surface area contributed by atoms with Crippen LogP contribution in [0.2, 0.25) is 10.0 Å². The number of carbonyl (C=O) groups is 2. The van der Waals surface area contributed by atoms with E-state index >= 15 is 0 Å². The van der Waals surface area contributed by atoms with E-state index in [0.29, 0.717) is 5.56 Å². The van der Waals surface area contributed by atoms with Crippen molar-refractivity contribution in [3.05, 3.63) is 52.1 Å². The molecule has 2 aromatic carbocycles. The molecule has 7 nitrogen and oxygen atoms in total. The van der Waals surface area contributed by atoms with Crippen LogP contribution >= 0.6 is 35.6 Å². The highest BCUT2D eigenvalue weighted by Crippen LogP contribution is 2.38. The summed E-state index contributed by atoms with van der Waals surface area (Å²) in [5, 5.41) is 18.0. The molecule has 208 valence electrons. The van der Waals surface area contributed by atoms with Gasteiger partial charge in [0.05, 0.1) is 32.9 Å². The van der Waals surface area contributed by atoms with E-state index in [2.05, 4.69) is 20.5 Å². The lowest BCUT2D eigenvalue weighted by Gasteiger charge is -2.32. The predicted octanol–water partition coefficient (Wildman–Crippen LogP) is 6.47. The molecule has 1 aliphatic carbocycles. The molecule has 2 aliphatic rings. The number of hydrogen-bond donors (Lipinski definition) is 3. The Morgan fingerprint density at radius 2 is 1.67 bits per heavy atom. The summed E-state index contributed by atoms with van der Waals surface area (Å²) in [5.74, 6) is -0.0742. The van der Waals surface area contributed by atoms with Crippen molar-refractivity contribution < 1.29 is 14.7 Å². The lowest BCUT2D eigenvalue weighted by Crippen LogP contribution is -2.47. The van der Waals surface area contributed by atoms with Gasteiger partial charge in [-0.15, -0.1) is 12.4 Å². The number of nitrogens with one attached hydrogen (secondary N) is 2. The summed E-state index contributed by atoms with van der Waals surface area (Å²) < 4.78 is 0. The smallest absolute Gasteiger partial charge is 0.237 e. The Hall–Kier alpha value is -2.58. The third kappa shape index (κ3) is 6.27. The van der Waals surface area contributed by atoms with Crippen LogP contribution in [0.1, 0.15) is 55.8 Å². The SMILES string of the molecule is CC(=O)c1cnc2ccc(-c3cc(Cl)c(O)c(Cl)c3)cc2c1NC1CCC(NC(=O)C2CCCN2C)CC1.Cl. The quantitative estimate of drug-likeness (QED) is 0.284. The fraction of sp³-hybridized carbons (Fsp3) is 0.414. The van der Waals surface area contributed by atoms with Gasteiger partial charge in [-0.05, 0) is 94.4 Å². The van der Waals surface area contributed by atoms with Gasteiger partial charge in [-0.2, -0.15) is 0 Å². The fourth-order valence-electron chi connectivity index (χ4n) is 5.65. The number of pyridine rings is 1. The van der Waals surface area contributed by atoms with Crippen LogP contribution in [0.25, 0.3) is 22.0 Å². The molecule has 1 aromatic heterocycles. The van der Waals surface area contributed by atoms with Gasteiger partial charge in [0.25, 0.3) is 0 Å². The van der Waals surface area contributed by atoms with E-state index in [1.54, 1.807) is 25.3 Å². The number of amides is 1. The molecular formula is C29H33Cl3N4O3. The summed E-state index contributed by atoms with van der Waals surface area (Å²) >= 11 is 12.3. The molecule has 0 radical (unpaired) electrons. The minimum absolute atomic E-state index is 0.